The van der Waals surface area contributed by atoms with E-state index >= 15 is 0 Å². The van der Waals surface area contributed by atoms with Crippen LogP contribution in [0.4, 0.5) is 0 Å². The molecule has 0 fully saturated rings. The van der Waals surface area contributed by atoms with Gasteiger partial charge in [-0.3, -0.25) is 0 Å². The first-order valence-electron chi connectivity index (χ1n) is 6.76. The summed E-state index contributed by atoms with van der Waals surface area (Å²) in [7, 11) is 0. The van der Waals surface area contributed by atoms with Gasteiger partial charge in [0.2, 0.25) is 0 Å². The van der Waals surface area contributed by atoms with Gasteiger partial charge in [0.1, 0.15) is 0 Å². The first-order chi connectivity index (χ1) is 8.33. The standard InChI is InChI=1S/C10H13N.C4H8.C2H6/c1-2-8-7-11-10-6-4-3-5-9(8)10;1-3-4-2;1-2/h3,5,7,11H,2,4,6H2,1H3;3-4H,1-2H3;1-2H3. The molecule has 1 nitrogen and oxygen atoms in total. The van der Waals surface area contributed by atoms with Crippen LogP contribution in [0.25, 0.3) is 6.08 Å². The molecule has 1 heterocycles. The zero-order chi connectivity index (χ0) is 13.1. The number of hydrogen-bond donors (Lipinski definition) is 1. The van der Waals surface area contributed by atoms with E-state index in [1.54, 1.807) is 0 Å². The minimum absolute atomic E-state index is 1.14. The first kappa shape index (κ1) is 15.8. The van der Waals surface area contributed by atoms with Crippen molar-refractivity contribution in [2.75, 3.05) is 0 Å². The molecule has 0 aromatic carbocycles. The Bertz CT molecular complexity index is 338. The third-order valence-electron chi connectivity index (χ3n) is 2.65. The van der Waals surface area contributed by atoms with Crippen LogP contribution < -0.4 is 0 Å². The predicted molar refractivity (Wildman–Crippen MR) is 79.4 cm³/mol. The van der Waals surface area contributed by atoms with Crippen LogP contribution in [-0.2, 0) is 12.8 Å². The second-order valence-electron chi connectivity index (χ2n) is 3.67. The van der Waals surface area contributed by atoms with Gasteiger partial charge in [-0.2, -0.15) is 0 Å². The Kier molecular flexibility index (Phi) is 9.22. The molecule has 1 aliphatic rings. The Morgan fingerprint density at radius 1 is 1.24 bits per heavy atom. The Labute approximate surface area is 107 Å². The Morgan fingerprint density at radius 3 is 2.41 bits per heavy atom. The van der Waals surface area contributed by atoms with Gasteiger partial charge in [-0.05, 0) is 44.2 Å². The smallest absolute Gasteiger partial charge is 0.0226 e. The highest BCUT2D eigenvalue weighted by Gasteiger charge is 2.08. The molecule has 0 atom stereocenters. The highest BCUT2D eigenvalue weighted by atomic mass is 14.7. The minimum atomic E-state index is 1.14. The van der Waals surface area contributed by atoms with Crippen molar-refractivity contribution in [1.29, 1.82) is 0 Å². The highest BCUT2D eigenvalue weighted by Crippen LogP contribution is 2.22. The number of aromatic amines is 1. The van der Waals surface area contributed by atoms with Crippen molar-refractivity contribution in [3.63, 3.8) is 0 Å². The van der Waals surface area contributed by atoms with E-state index < -0.39 is 0 Å². The molecule has 0 amide bonds. The second kappa shape index (κ2) is 9.95. The van der Waals surface area contributed by atoms with Crippen molar-refractivity contribution in [2.24, 2.45) is 0 Å². The lowest BCUT2D eigenvalue weighted by Crippen LogP contribution is -1.92. The summed E-state index contributed by atoms with van der Waals surface area (Å²) in [5.41, 5.74) is 4.32. The predicted octanol–water partition coefficient (Wildman–Crippen LogP) is 5.15. The van der Waals surface area contributed by atoms with Crippen LogP contribution in [0.3, 0.4) is 0 Å². The molecule has 0 saturated carbocycles. The Balaban J connectivity index is 0.000000368. The van der Waals surface area contributed by atoms with E-state index in [1.807, 2.05) is 39.8 Å². The van der Waals surface area contributed by atoms with Gasteiger partial charge < -0.3 is 4.98 Å². The maximum atomic E-state index is 3.33. The highest BCUT2D eigenvalue weighted by molar-refractivity contribution is 5.58. The van der Waals surface area contributed by atoms with Gasteiger partial charge in [0.05, 0.1) is 0 Å². The molecule has 0 saturated heterocycles. The molecule has 0 bridgehead atoms. The van der Waals surface area contributed by atoms with E-state index in [0.717, 1.165) is 6.42 Å². The summed E-state index contributed by atoms with van der Waals surface area (Å²) in [6, 6.07) is 0. The fraction of sp³-hybridized carbons (Fsp3) is 0.500. The number of aryl methyl sites for hydroxylation is 2. The summed E-state index contributed by atoms with van der Waals surface area (Å²) in [4.78, 5) is 3.33. The van der Waals surface area contributed by atoms with Crippen molar-refractivity contribution in [3.8, 4) is 0 Å². The summed E-state index contributed by atoms with van der Waals surface area (Å²) in [5, 5.41) is 0. The van der Waals surface area contributed by atoms with Crippen LogP contribution >= 0.6 is 0 Å². The van der Waals surface area contributed by atoms with Crippen molar-refractivity contribution in [2.45, 2.75) is 53.9 Å². The maximum absolute atomic E-state index is 3.33. The largest absolute Gasteiger partial charge is 0.364 e. The average Bonchev–Trinajstić information content (AvgIpc) is 2.84. The van der Waals surface area contributed by atoms with Crippen LogP contribution in [0.15, 0.2) is 24.4 Å². The minimum Gasteiger partial charge on any atom is -0.364 e. The van der Waals surface area contributed by atoms with E-state index in [4.69, 9.17) is 0 Å². The molecule has 0 aliphatic heterocycles. The Morgan fingerprint density at radius 2 is 1.88 bits per heavy atom. The van der Waals surface area contributed by atoms with Crippen molar-refractivity contribution >= 4 is 6.08 Å². The van der Waals surface area contributed by atoms with Gasteiger partial charge in [0, 0.05) is 11.9 Å². The van der Waals surface area contributed by atoms with Crippen LogP contribution in [0.5, 0.6) is 0 Å². The van der Waals surface area contributed by atoms with Gasteiger partial charge in [-0.1, -0.05) is 45.1 Å². The summed E-state index contributed by atoms with van der Waals surface area (Å²) in [5.74, 6) is 0. The fourth-order valence-electron chi connectivity index (χ4n) is 1.66. The molecule has 0 unspecified atom stereocenters. The zero-order valence-corrected chi connectivity index (χ0v) is 12.0. The molecule has 1 aliphatic carbocycles. The Hall–Kier alpha value is -1.24. The summed E-state index contributed by atoms with van der Waals surface area (Å²) in [6.07, 6.45) is 14.2. The molecule has 1 heteroatoms. The van der Waals surface area contributed by atoms with E-state index in [9.17, 15) is 0 Å². The normalized spacial score (nSPS) is 12.3. The van der Waals surface area contributed by atoms with Crippen molar-refractivity contribution in [1.82, 2.24) is 4.98 Å². The van der Waals surface area contributed by atoms with E-state index in [0.29, 0.717) is 0 Å². The fourth-order valence-corrected chi connectivity index (χ4v) is 1.66. The molecule has 2 rings (SSSR count). The third kappa shape index (κ3) is 5.08. The van der Waals surface area contributed by atoms with Crippen molar-refractivity contribution < 1.29 is 0 Å². The van der Waals surface area contributed by atoms with E-state index in [-0.39, 0.29) is 0 Å². The van der Waals surface area contributed by atoms with Gasteiger partial charge >= 0.3 is 0 Å². The average molecular weight is 233 g/mol. The molecule has 1 N–H and O–H groups in total. The number of hydrogen-bond acceptors (Lipinski definition) is 0. The molecular formula is C16H27N. The quantitative estimate of drug-likeness (QED) is 0.646. The number of nitrogens with one attached hydrogen (secondary N) is 1. The summed E-state index contributed by atoms with van der Waals surface area (Å²) in [6.45, 7) is 10.2. The van der Waals surface area contributed by atoms with E-state index in [2.05, 4.69) is 30.3 Å². The molecule has 1 aromatic heterocycles. The summed E-state index contributed by atoms with van der Waals surface area (Å²) >= 11 is 0. The zero-order valence-electron chi connectivity index (χ0n) is 12.0. The van der Waals surface area contributed by atoms with Crippen LogP contribution in [0.2, 0.25) is 0 Å². The summed E-state index contributed by atoms with van der Waals surface area (Å²) < 4.78 is 0. The molecule has 0 radical (unpaired) electrons. The number of aromatic nitrogens is 1. The van der Waals surface area contributed by atoms with Gasteiger partial charge in [0.25, 0.3) is 0 Å². The first-order valence-corrected chi connectivity index (χ1v) is 6.76. The SMILES string of the molecule is CC.CC=CC.CCc1c[nH]c2c1C=CCC2. The lowest BCUT2D eigenvalue weighted by molar-refractivity contribution is 0.944. The lowest BCUT2D eigenvalue weighted by Gasteiger charge is -2.04. The molecular weight excluding hydrogens is 206 g/mol. The molecule has 96 valence electrons. The number of fused-ring (bicyclic) bond motifs is 1. The van der Waals surface area contributed by atoms with Crippen LogP contribution in [-0.4, -0.2) is 4.98 Å². The second-order valence-corrected chi connectivity index (χ2v) is 3.67. The number of allylic oxidation sites excluding steroid dienone is 3. The number of rotatable bonds is 1. The lowest BCUT2D eigenvalue weighted by atomic mass is 10.0. The molecule has 0 spiro atoms. The van der Waals surface area contributed by atoms with E-state index in [1.165, 1.54) is 29.7 Å². The van der Waals surface area contributed by atoms with Crippen LogP contribution in [0, 0.1) is 0 Å². The third-order valence-corrected chi connectivity index (χ3v) is 2.65. The van der Waals surface area contributed by atoms with Gasteiger partial charge in [-0.15, -0.1) is 0 Å². The molecule has 1 aromatic rings. The van der Waals surface area contributed by atoms with Gasteiger partial charge in [-0.25, -0.2) is 0 Å². The van der Waals surface area contributed by atoms with Crippen molar-refractivity contribution in [3.05, 3.63) is 41.2 Å². The monoisotopic (exact) mass is 233 g/mol. The topological polar surface area (TPSA) is 15.8 Å². The van der Waals surface area contributed by atoms with Crippen LogP contribution in [0.1, 0.15) is 57.9 Å². The number of H-pyrrole nitrogens is 1. The maximum Gasteiger partial charge on any atom is 0.0226 e. The molecule has 17 heavy (non-hydrogen) atoms. The van der Waals surface area contributed by atoms with Gasteiger partial charge in [0.15, 0.2) is 0 Å².